The molecule has 0 unspecified atom stereocenters. The van der Waals surface area contributed by atoms with Gasteiger partial charge in [-0.2, -0.15) is 0 Å². The molecule has 6 nitrogen and oxygen atoms in total. The number of hydrogen-bond acceptors (Lipinski definition) is 6. The van der Waals surface area contributed by atoms with Crippen LogP contribution in [-0.2, 0) is 19.7 Å². The molecule has 0 radical (unpaired) electrons. The molecule has 2 aromatic carbocycles. The lowest BCUT2D eigenvalue weighted by Crippen LogP contribution is -2.11. The van der Waals surface area contributed by atoms with Crippen molar-refractivity contribution in [3.63, 3.8) is 0 Å². The van der Waals surface area contributed by atoms with Crippen molar-refractivity contribution in [2.75, 3.05) is 7.11 Å². The molecule has 0 saturated heterocycles. The highest BCUT2D eigenvalue weighted by Crippen LogP contribution is 2.30. The summed E-state index contributed by atoms with van der Waals surface area (Å²) in [5.74, 6) is -0.0178. The van der Waals surface area contributed by atoms with Gasteiger partial charge in [0.25, 0.3) is 0 Å². The van der Waals surface area contributed by atoms with Crippen molar-refractivity contribution in [1.82, 2.24) is 0 Å². The first-order chi connectivity index (χ1) is 13.7. The summed E-state index contributed by atoms with van der Waals surface area (Å²) in [5, 5.41) is 0. The predicted octanol–water partition coefficient (Wildman–Crippen LogP) is 4.26. The Bertz CT molecular complexity index is 1010. The summed E-state index contributed by atoms with van der Waals surface area (Å²) in [5.41, 5.74) is 2.80. The quantitative estimate of drug-likeness (QED) is 0.441. The molecule has 6 heteroatoms. The third kappa shape index (κ3) is 4.71. The van der Waals surface area contributed by atoms with Gasteiger partial charge in [0.2, 0.25) is 5.90 Å². The summed E-state index contributed by atoms with van der Waals surface area (Å²) >= 11 is 0. The number of esters is 2. The van der Waals surface area contributed by atoms with Crippen LogP contribution in [-0.4, -0.2) is 24.9 Å². The van der Waals surface area contributed by atoms with E-state index >= 15 is 0 Å². The number of carbonyl (C=O) groups is 2. The summed E-state index contributed by atoms with van der Waals surface area (Å²) in [6, 6.07) is 12.8. The Kier molecular flexibility index (Phi) is 5.55. The number of aliphatic imine (C=N–C) groups is 1. The van der Waals surface area contributed by atoms with E-state index in [2.05, 4.69) is 25.8 Å². The molecule has 150 valence electrons. The van der Waals surface area contributed by atoms with Crippen molar-refractivity contribution in [3.05, 3.63) is 64.9 Å². The summed E-state index contributed by atoms with van der Waals surface area (Å²) < 4.78 is 15.7. The molecule has 0 saturated carbocycles. The van der Waals surface area contributed by atoms with Gasteiger partial charge in [-0.15, -0.1) is 0 Å². The van der Waals surface area contributed by atoms with Gasteiger partial charge >= 0.3 is 11.9 Å². The van der Waals surface area contributed by atoms with Crippen molar-refractivity contribution in [1.29, 1.82) is 0 Å². The van der Waals surface area contributed by atoms with Crippen LogP contribution >= 0.6 is 0 Å². The molecule has 0 N–H and O–H groups in total. The average molecular weight is 393 g/mol. The Balaban J connectivity index is 1.87. The second-order valence-electron chi connectivity index (χ2n) is 7.67. The molecule has 0 bridgehead atoms. The highest BCUT2D eigenvalue weighted by atomic mass is 16.6. The van der Waals surface area contributed by atoms with E-state index < -0.39 is 11.9 Å². The number of cyclic esters (lactones) is 1. The fourth-order valence-electron chi connectivity index (χ4n) is 2.82. The zero-order valence-corrected chi connectivity index (χ0v) is 17.1. The van der Waals surface area contributed by atoms with Gasteiger partial charge in [-0.3, -0.25) is 4.79 Å². The molecule has 29 heavy (non-hydrogen) atoms. The maximum absolute atomic E-state index is 12.2. The minimum Gasteiger partial charge on any atom is -0.493 e. The summed E-state index contributed by atoms with van der Waals surface area (Å²) in [7, 11) is 1.47. The van der Waals surface area contributed by atoms with E-state index in [1.165, 1.54) is 19.6 Å². The molecule has 0 amide bonds. The van der Waals surface area contributed by atoms with Crippen LogP contribution in [0.15, 0.2) is 53.2 Å². The van der Waals surface area contributed by atoms with Crippen molar-refractivity contribution in [3.8, 4) is 11.5 Å². The van der Waals surface area contributed by atoms with Crippen molar-refractivity contribution >= 4 is 23.9 Å². The summed E-state index contributed by atoms with van der Waals surface area (Å²) in [4.78, 5) is 27.7. The maximum atomic E-state index is 12.2. The Morgan fingerprint density at radius 1 is 1.07 bits per heavy atom. The van der Waals surface area contributed by atoms with E-state index in [0.29, 0.717) is 17.1 Å². The Morgan fingerprint density at radius 3 is 2.34 bits per heavy atom. The van der Waals surface area contributed by atoms with Crippen LogP contribution in [0, 0.1) is 0 Å². The largest absolute Gasteiger partial charge is 0.493 e. The number of methoxy groups -OCH3 is 1. The minimum atomic E-state index is -0.525. The van der Waals surface area contributed by atoms with Crippen LogP contribution in [0.25, 0.3) is 6.08 Å². The topological polar surface area (TPSA) is 74.2 Å². The molecular weight excluding hydrogens is 370 g/mol. The summed E-state index contributed by atoms with van der Waals surface area (Å²) in [6.45, 7) is 7.72. The molecule has 0 atom stereocenters. The Morgan fingerprint density at radius 2 is 1.76 bits per heavy atom. The molecule has 0 aliphatic carbocycles. The molecule has 1 aliphatic heterocycles. The monoisotopic (exact) mass is 393 g/mol. The van der Waals surface area contributed by atoms with E-state index in [1.54, 1.807) is 24.3 Å². The lowest BCUT2D eigenvalue weighted by molar-refractivity contribution is -0.132. The van der Waals surface area contributed by atoms with Crippen LogP contribution in [0.2, 0.25) is 0 Å². The van der Waals surface area contributed by atoms with Gasteiger partial charge in [0.05, 0.1) is 7.11 Å². The lowest BCUT2D eigenvalue weighted by atomic mass is 9.87. The fourth-order valence-corrected chi connectivity index (χ4v) is 2.82. The van der Waals surface area contributed by atoms with Gasteiger partial charge in [-0.05, 0) is 46.9 Å². The first-order valence-corrected chi connectivity index (χ1v) is 9.17. The van der Waals surface area contributed by atoms with E-state index in [-0.39, 0.29) is 17.0 Å². The SMILES string of the molecule is COc1cc(C=C2N=C(c3ccc(C(C)(C)C)cc3)OC2=O)ccc1OC(C)=O. The Labute approximate surface area is 169 Å². The number of carbonyl (C=O) groups excluding carboxylic acids is 2. The van der Waals surface area contributed by atoms with E-state index in [9.17, 15) is 9.59 Å². The number of benzene rings is 2. The van der Waals surface area contributed by atoms with Crippen LogP contribution in [0.1, 0.15) is 44.4 Å². The minimum absolute atomic E-state index is 0.0368. The van der Waals surface area contributed by atoms with Crippen LogP contribution in [0.4, 0.5) is 0 Å². The van der Waals surface area contributed by atoms with E-state index in [0.717, 1.165) is 5.56 Å². The van der Waals surface area contributed by atoms with Gasteiger partial charge in [-0.25, -0.2) is 9.79 Å². The zero-order chi connectivity index (χ0) is 21.2. The second-order valence-corrected chi connectivity index (χ2v) is 7.67. The summed E-state index contributed by atoms with van der Waals surface area (Å²) in [6.07, 6.45) is 1.60. The van der Waals surface area contributed by atoms with Crippen molar-refractivity contribution in [2.24, 2.45) is 4.99 Å². The van der Waals surface area contributed by atoms with Gasteiger partial charge in [0, 0.05) is 12.5 Å². The van der Waals surface area contributed by atoms with E-state index in [1.807, 2.05) is 24.3 Å². The number of hydrogen-bond donors (Lipinski definition) is 0. The smallest absolute Gasteiger partial charge is 0.363 e. The van der Waals surface area contributed by atoms with Gasteiger partial charge < -0.3 is 14.2 Å². The molecule has 2 aromatic rings. The zero-order valence-electron chi connectivity index (χ0n) is 17.1. The highest BCUT2D eigenvalue weighted by Gasteiger charge is 2.25. The molecule has 0 aromatic heterocycles. The predicted molar refractivity (Wildman–Crippen MR) is 110 cm³/mol. The van der Waals surface area contributed by atoms with Crippen LogP contribution < -0.4 is 9.47 Å². The third-order valence-electron chi connectivity index (χ3n) is 4.36. The van der Waals surface area contributed by atoms with E-state index in [4.69, 9.17) is 14.2 Å². The molecule has 0 fully saturated rings. The molecule has 3 rings (SSSR count). The van der Waals surface area contributed by atoms with Gasteiger partial charge in [0.15, 0.2) is 17.2 Å². The van der Waals surface area contributed by atoms with Crippen molar-refractivity contribution < 1.29 is 23.8 Å². The second kappa shape index (κ2) is 7.91. The first-order valence-electron chi connectivity index (χ1n) is 9.17. The van der Waals surface area contributed by atoms with Gasteiger partial charge in [-0.1, -0.05) is 39.0 Å². The first kappa shape index (κ1) is 20.3. The normalized spacial score (nSPS) is 15.1. The molecule has 0 spiro atoms. The standard InChI is InChI=1S/C23H23NO5/c1-14(25)28-19-11-6-15(13-20(19)27-5)12-18-22(26)29-21(24-18)16-7-9-17(10-8-16)23(2,3)4/h6-13H,1-5H3. The molecule has 1 heterocycles. The fraction of sp³-hybridized carbons (Fsp3) is 0.261. The highest BCUT2D eigenvalue weighted by molar-refractivity contribution is 6.12. The number of ether oxygens (including phenoxy) is 3. The van der Waals surface area contributed by atoms with Crippen LogP contribution in [0.5, 0.6) is 11.5 Å². The maximum Gasteiger partial charge on any atom is 0.363 e. The number of nitrogens with zero attached hydrogens (tertiary/aromatic N) is 1. The third-order valence-corrected chi connectivity index (χ3v) is 4.36. The molecule has 1 aliphatic rings. The van der Waals surface area contributed by atoms with Crippen LogP contribution in [0.3, 0.4) is 0 Å². The molecular formula is C23H23NO5. The van der Waals surface area contributed by atoms with Crippen molar-refractivity contribution in [2.45, 2.75) is 33.1 Å². The number of rotatable bonds is 4. The average Bonchev–Trinajstić information content (AvgIpc) is 3.02. The van der Waals surface area contributed by atoms with Gasteiger partial charge in [0.1, 0.15) is 0 Å². The lowest BCUT2D eigenvalue weighted by Gasteiger charge is -2.18. The Hall–Kier alpha value is -3.41.